The van der Waals surface area contributed by atoms with Crippen molar-refractivity contribution in [2.75, 3.05) is 18.4 Å². The maximum Gasteiger partial charge on any atom is 0.254 e. The first-order valence-electron chi connectivity index (χ1n) is 9.49. The van der Waals surface area contributed by atoms with Crippen molar-refractivity contribution in [3.63, 3.8) is 0 Å². The van der Waals surface area contributed by atoms with E-state index in [0.29, 0.717) is 5.92 Å². The minimum Gasteiger partial charge on any atom is -0.365 e. The smallest absolute Gasteiger partial charge is 0.254 e. The number of anilines is 1. The van der Waals surface area contributed by atoms with Gasteiger partial charge in [-0.25, -0.2) is 4.98 Å². The molecule has 0 unspecified atom stereocenters. The van der Waals surface area contributed by atoms with Crippen LogP contribution < -0.4 is 5.32 Å². The molecule has 5 nitrogen and oxygen atoms in total. The van der Waals surface area contributed by atoms with Gasteiger partial charge in [-0.2, -0.15) is 11.3 Å². The lowest BCUT2D eigenvalue weighted by Crippen LogP contribution is -2.38. The molecule has 1 N–H and O–H groups in total. The average Bonchev–Trinajstić information content (AvgIpc) is 3.29. The summed E-state index contributed by atoms with van der Waals surface area (Å²) in [7, 11) is 0. The fraction of sp³-hybridized carbons (Fsp3) is 0.429. The number of amides is 1. The highest BCUT2D eigenvalue weighted by Crippen LogP contribution is 2.34. The van der Waals surface area contributed by atoms with Gasteiger partial charge in [-0.15, -0.1) is 0 Å². The number of aromatic nitrogens is 2. The average molecular weight is 383 g/mol. The van der Waals surface area contributed by atoms with Crippen LogP contribution >= 0.6 is 11.3 Å². The Hall–Kier alpha value is -2.34. The molecule has 27 heavy (non-hydrogen) atoms. The van der Waals surface area contributed by atoms with Crippen molar-refractivity contribution in [3.8, 4) is 0 Å². The zero-order valence-corrected chi connectivity index (χ0v) is 16.9. The van der Waals surface area contributed by atoms with Gasteiger partial charge in [-0.3, -0.25) is 9.20 Å². The zero-order valence-electron chi connectivity index (χ0n) is 16.1. The number of imidazole rings is 1. The van der Waals surface area contributed by atoms with E-state index in [-0.39, 0.29) is 11.4 Å². The number of piperidine rings is 1. The van der Waals surface area contributed by atoms with Gasteiger partial charge in [-0.05, 0) is 57.2 Å². The van der Waals surface area contributed by atoms with Crippen LogP contribution in [0.25, 0.3) is 5.65 Å². The summed E-state index contributed by atoms with van der Waals surface area (Å²) in [4.78, 5) is 19.5. The number of nitrogens with zero attached hydrogens (tertiary/aromatic N) is 3. The molecule has 3 aromatic heterocycles. The molecule has 0 aromatic carbocycles. The highest BCUT2D eigenvalue weighted by Gasteiger charge is 2.29. The number of carbonyl (C=O) groups excluding carboxylic acids is 1. The molecule has 1 fully saturated rings. The summed E-state index contributed by atoms with van der Waals surface area (Å²) < 4.78 is 2.14. The minimum absolute atomic E-state index is 0.0455. The highest BCUT2D eigenvalue weighted by atomic mass is 32.1. The number of likely N-dealkylation sites (tertiary alicyclic amines) is 1. The highest BCUT2D eigenvalue weighted by molar-refractivity contribution is 7.08. The van der Waals surface area contributed by atoms with E-state index < -0.39 is 0 Å². The van der Waals surface area contributed by atoms with Gasteiger partial charge in [-0.1, -0.05) is 6.07 Å². The van der Waals surface area contributed by atoms with Crippen molar-refractivity contribution in [2.24, 2.45) is 0 Å². The summed E-state index contributed by atoms with van der Waals surface area (Å²) in [5, 5.41) is 7.54. The van der Waals surface area contributed by atoms with Crippen LogP contribution in [0.2, 0.25) is 0 Å². The molecule has 0 radical (unpaired) electrons. The third-order valence-corrected chi connectivity index (χ3v) is 5.67. The largest absolute Gasteiger partial charge is 0.365 e. The SMILES string of the molecule is CC(C)(C)Nc1c(C2CCN(C(=O)c3ccsc3)CC2)nc2ccccn12. The maximum absolute atomic E-state index is 12.6. The van der Waals surface area contributed by atoms with E-state index in [1.165, 1.54) is 0 Å². The van der Waals surface area contributed by atoms with Gasteiger partial charge < -0.3 is 10.2 Å². The number of hydrogen-bond acceptors (Lipinski definition) is 4. The molecular formula is C21H26N4OS. The monoisotopic (exact) mass is 382 g/mol. The molecule has 0 bridgehead atoms. The molecule has 4 rings (SSSR count). The molecule has 1 aliphatic rings. The fourth-order valence-electron chi connectivity index (χ4n) is 3.70. The van der Waals surface area contributed by atoms with Gasteiger partial charge in [0.25, 0.3) is 5.91 Å². The van der Waals surface area contributed by atoms with Gasteiger partial charge in [0.2, 0.25) is 0 Å². The standard InChI is InChI=1S/C21H26N4OS/c1-21(2,3)23-19-18(22-17-6-4-5-10-25(17)19)15-7-11-24(12-8-15)20(26)16-9-13-27-14-16/h4-6,9-10,13-15,23H,7-8,11-12H2,1-3H3. The Morgan fingerprint density at radius 1 is 1.22 bits per heavy atom. The predicted molar refractivity (Wildman–Crippen MR) is 111 cm³/mol. The number of carbonyl (C=O) groups is 1. The molecule has 0 aliphatic carbocycles. The second kappa shape index (κ2) is 7.00. The first-order chi connectivity index (χ1) is 12.9. The van der Waals surface area contributed by atoms with Crippen LogP contribution in [-0.4, -0.2) is 38.8 Å². The van der Waals surface area contributed by atoms with E-state index in [1.54, 1.807) is 11.3 Å². The number of rotatable bonds is 3. The van der Waals surface area contributed by atoms with Gasteiger partial charge in [0.1, 0.15) is 11.5 Å². The van der Waals surface area contributed by atoms with Crippen molar-refractivity contribution >= 4 is 28.7 Å². The molecule has 0 saturated carbocycles. The van der Waals surface area contributed by atoms with E-state index in [4.69, 9.17) is 4.98 Å². The topological polar surface area (TPSA) is 49.6 Å². The Bertz CT molecular complexity index is 931. The lowest BCUT2D eigenvalue weighted by Gasteiger charge is -2.32. The predicted octanol–water partition coefficient (Wildman–Crippen LogP) is 4.63. The van der Waals surface area contributed by atoms with Gasteiger partial charge in [0.05, 0.1) is 11.3 Å². The Labute approximate surface area is 164 Å². The van der Waals surface area contributed by atoms with Crippen molar-refractivity contribution in [1.29, 1.82) is 0 Å². The van der Waals surface area contributed by atoms with Crippen molar-refractivity contribution in [1.82, 2.24) is 14.3 Å². The van der Waals surface area contributed by atoms with Crippen molar-refractivity contribution in [3.05, 3.63) is 52.5 Å². The van der Waals surface area contributed by atoms with Crippen LogP contribution in [-0.2, 0) is 0 Å². The number of fused-ring (bicyclic) bond motifs is 1. The Morgan fingerprint density at radius 2 is 2.00 bits per heavy atom. The molecule has 0 spiro atoms. The zero-order chi connectivity index (χ0) is 19.0. The first-order valence-corrected chi connectivity index (χ1v) is 10.4. The molecule has 1 saturated heterocycles. The van der Waals surface area contributed by atoms with Crippen LogP contribution in [0.4, 0.5) is 5.82 Å². The lowest BCUT2D eigenvalue weighted by atomic mass is 9.92. The normalized spacial score (nSPS) is 16.0. The third-order valence-electron chi connectivity index (χ3n) is 4.99. The Kier molecular flexibility index (Phi) is 4.68. The summed E-state index contributed by atoms with van der Waals surface area (Å²) in [6.45, 7) is 8.06. The van der Waals surface area contributed by atoms with Gasteiger partial charge in [0.15, 0.2) is 0 Å². The minimum atomic E-state index is -0.0455. The second-order valence-electron chi connectivity index (χ2n) is 8.23. The van der Waals surface area contributed by atoms with Crippen LogP contribution in [0.5, 0.6) is 0 Å². The molecule has 3 aromatic rings. The molecule has 4 heterocycles. The van der Waals surface area contributed by atoms with E-state index in [9.17, 15) is 4.79 Å². The fourth-order valence-corrected chi connectivity index (χ4v) is 4.33. The summed E-state index contributed by atoms with van der Waals surface area (Å²) in [6.07, 6.45) is 3.95. The van der Waals surface area contributed by atoms with Crippen LogP contribution in [0, 0.1) is 0 Å². The van der Waals surface area contributed by atoms with E-state index >= 15 is 0 Å². The molecular weight excluding hydrogens is 356 g/mol. The second-order valence-corrected chi connectivity index (χ2v) is 9.01. The quantitative estimate of drug-likeness (QED) is 0.719. The molecule has 1 amide bonds. The summed E-state index contributed by atoms with van der Waals surface area (Å²) in [5.41, 5.74) is 2.85. The van der Waals surface area contributed by atoms with Crippen LogP contribution in [0.15, 0.2) is 41.2 Å². The molecule has 1 aliphatic heterocycles. The van der Waals surface area contributed by atoms with Crippen molar-refractivity contribution in [2.45, 2.75) is 45.1 Å². The number of nitrogens with one attached hydrogen (secondary N) is 1. The molecule has 142 valence electrons. The van der Waals surface area contributed by atoms with E-state index in [0.717, 1.165) is 48.7 Å². The van der Waals surface area contributed by atoms with Gasteiger partial charge >= 0.3 is 0 Å². The maximum atomic E-state index is 12.6. The Morgan fingerprint density at radius 3 is 2.67 bits per heavy atom. The summed E-state index contributed by atoms with van der Waals surface area (Å²) in [6, 6.07) is 8.02. The third kappa shape index (κ3) is 3.72. The first kappa shape index (κ1) is 18.0. The lowest BCUT2D eigenvalue weighted by molar-refractivity contribution is 0.0713. The molecule has 0 atom stereocenters. The van der Waals surface area contributed by atoms with Crippen LogP contribution in [0.1, 0.15) is 55.6 Å². The Balaban J connectivity index is 1.57. The summed E-state index contributed by atoms with van der Waals surface area (Å²) >= 11 is 1.57. The number of pyridine rings is 1. The van der Waals surface area contributed by atoms with E-state index in [2.05, 4.69) is 36.7 Å². The summed E-state index contributed by atoms with van der Waals surface area (Å²) in [5.74, 6) is 1.60. The molecule has 6 heteroatoms. The van der Waals surface area contributed by atoms with Crippen molar-refractivity contribution < 1.29 is 4.79 Å². The van der Waals surface area contributed by atoms with E-state index in [1.807, 2.05) is 39.9 Å². The number of hydrogen-bond donors (Lipinski definition) is 1. The number of thiophene rings is 1. The van der Waals surface area contributed by atoms with Crippen LogP contribution in [0.3, 0.4) is 0 Å². The van der Waals surface area contributed by atoms with Gasteiger partial charge in [0, 0.05) is 36.1 Å².